The summed E-state index contributed by atoms with van der Waals surface area (Å²) >= 11 is 0. The first-order valence-electron chi connectivity index (χ1n) is 12.2. The summed E-state index contributed by atoms with van der Waals surface area (Å²) in [6.07, 6.45) is 9.39. The van der Waals surface area contributed by atoms with Gasteiger partial charge in [-0.15, -0.1) is 0 Å². The second-order valence-electron chi connectivity index (χ2n) is 9.29. The molecular weight excluding hydrogens is 412 g/mol. The van der Waals surface area contributed by atoms with E-state index in [1.807, 2.05) is 24.3 Å². The number of aromatic nitrogens is 1. The number of fused-ring (bicyclic) bond motifs is 3. The van der Waals surface area contributed by atoms with E-state index in [1.54, 1.807) is 0 Å². The molecule has 5 nitrogen and oxygen atoms in total. The van der Waals surface area contributed by atoms with Crippen molar-refractivity contribution in [3.05, 3.63) is 70.9 Å². The highest BCUT2D eigenvalue weighted by molar-refractivity contribution is 6.04. The number of rotatable bonds is 10. The molecular formula is C28H34N2O3. The number of carboxylic acid groups (broad SMARTS) is 1. The standard InChI is InChI=1S/C28H34N2O3/c1-30-26-15-9-8-14-23(26)24-17-16-21(19-27(24)30)25(29-33)18-22(28(31)32)13-7-3-6-12-20-10-4-2-5-11-20/h2,4-5,10-11,16-17,19,22,33H,3,6-9,12-15,18H2,1H3,(H,31,32)/b29-25-. The Hall–Kier alpha value is -3.08. The molecule has 0 saturated heterocycles. The Kier molecular flexibility index (Phi) is 7.48. The van der Waals surface area contributed by atoms with Crippen LogP contribution < -0.4 is 0 Å². The molecule has 0 radical (unpaired) electrons. The number of benzene rings is 2. The maximum Gasteiger partial charge on any atom is 0.306 e. The fraction of sp³-hybridized carbons (Fsp3) is 0.429. The summed E-state index contributed by atoms with van der Waals surface area (Å²) in [5.41, 5.74) is 6.54. The van der Waals surface area contributed by atoms with Crippen LogP contribution in [0.15, 0.2) is 53.7 Å². The zero-order valence-electron chi connectivity index (χ0n) is 19.5. The summed E-state index contributed by atoms with van der Waals surface area (Å²) in [5.74, 6) is -1.38. The van der Waals surface area contributed by atoms with Crippen molar-refractivity contribution < 1.29 is 15.1 Å². The molecule has 2 N–H and O–H groups in total. The van der Waals surface area contributed by atoms with Crippen LogP contribution in [0.1, 0.15) is 67.3 Å². The van der Waals surface area contributed by atoms with Gasteiger partial charge in [-0.3, -0.25) is 4.79 Å². The van der Waals surface area contributed by atoms with Gasteiger partial charge in [-0.25, -0.2) is 0 Å². The molecule has 1 aliphatic carbocycles. The van der Waals surface area contributed by atoms with Gasteiger partial charge in [0.15, 0.2) is 0 Å². The van der Waals surface area contributed by atoms with Crippen molar-refractivity contribution in [3.63, 3.8) is 0 Å². The zero-order chi connectivity index (χ0) is 23.2. The minimum Gasteiger partial charge on any atom is -0.481 e. The maximum atomic E-state index is 11.9. The predicted octanol–water partition coefficient (Wildman–Crippen LogP) is 6.13. The number of hydrogen-bond donors (Lipinski definition) is 2. The third-order valence-corrected chi connectivity index (χ3v) is 7.13. The highest BCUT2D eigenvalue weighted by Crippen LogP contribution is 2.32. The minimum absolute atomic E-state index is 0.236. The van der Waals surface area contributed by atoms with Crippen LogP contribution in [0.4, 0.5) is 0 Å². The molecule has 0 fully saturated rings. The molecule has 174 valence electrons. The van der Waals surface area contributed by atoms with E-state index < -0.39 is 11.9 Å². The molecule has 0 aliphatic heterocycles. The van der Waals surface area contributed by atoms with Crippen LogP contribution in [0.5, 0.6) is 0 Å². The number of nitrogens with zero attached hydrogens (tertiary/aromatic N) is 2. The van der Waals surface area contributed by atoms with Crippen LogP contribution in [0, 0.1) is 5.92 Å². The Bertz CT molecular complexity index is 1130. The third-order valence-electron chi connectivity index (χ3n) is 7.13. The second kappa shape index (κ2) is 10.7. The quantitative estimate of drug-likeness (QED) is 0.170. The molecule has 0 amide bonds. The molecule has 0 spiro atoms. The number of aliphatic carboxylic acids is 1. The smallest absolute Gasteiger partial charge is 0.306 e. The van der Waals surface area contributed by atoms with Gasteiger partial charge < -0.3 is 14.9 Å². The summed E-state index contributed by atoms with van der Waals surface area (Å²) in [6, 6.07) is 16.5. The Morgan fingerprint density at radius 3 is 2.61 bits per heavy atom. The van der Waals surface area contributed by atoms with E-state index >= 15 is 0 Å². The topological polar surface area (TPSA) is 74.8 Å². The maximum absolute atomic E-state index is 11.9. The molecule has 1 aromatic heterocycles. The van der Waals surface area contributed by atoms with Crippen molar-refractivity contribution in [1.82, 2.24) is 4.57 Å². The van der Waals surface area contributed by atoms with Gasteiger partial charge in [-0.2, -0.15) is 0 Å². The molecule has 1 aliphatic rings. The van der Waals surface area contributed by atoms with Gasteiger partial charge in [0.2, 0.25) is 0 Å². The molecule has 1 atom stereocenters. The highest BCUT2D eigenvalue weighted by atomic mass is 16.4. The fourth-order valence-electron chi connectivity index (χ4n) is 5.24. The first kappa shape index (κ1) is 23.1. The Labute approximate surface area is 195 Å². The van der Waals surface area contributed by atoms with Crippen LogP contribution >= 0.6 is 0 Å². The lowest BCUT2D eigenvalue weighted by Crippen LogP contribution is -2.19. The Morgan fingerprint density at radius 1 is 1.06 bits per heavy atom. The average molecular weight is 447 g/mol. The second-order valence-corrected chi connectivity index (χ2v) is 9.29. The Morgan fingerprint density at radius 2 is 1.85 bits per heavy atom. The average Bonchev–Trinajstić information content (AvgIpc) is 3.13. The van der Waals surface area contributed by atoms with Gasteiger partial charge in [-0.05, 0) is 62.1 Å². The lowest BCUT2D eigenvalue weighted by Gasteiger charge is -2.14. The largest absolute Gasteiger partial charge is 0.481 e. The summed E-state index contributed by atoms with van der Waals surface area (Å²) in [6.45, 7) is 0. The normalized spacial score (nSPS) is 14.9. The van der Waals surface area contributed by atoms with Crippen LogP contribution in [-0.4, -0.2) is 26.6 Å². The van der Waals surface area contributed by atoms with E-state index in [1.165, 1.54) is 35.0 Å². The van der Waals surface area contributed by atoms with Gasteiger partial charge in [0.05, 0.1) is 11.6 Å². The lowest BCUT2D eigenvalue weighted by molar-refractivity contribution is -0.141. The van der Waals surface area contributed by atoms with E-state index in [4.69, 9.17) is 0 Å². The molecule has 2 aromatic carbocycles. The number of carbonyl (C=O) groups is 1. The number of hydrogen-bond acceptors (Lipinski definition) is 3. The molecule has 1 heterocycles. The molecule has 1 unspecified atom stereocenters. The van der Waals surface area contributed by atoms with Gasteiger partial charge in [0.1, 0.15) is 0 Å². The first-order chi connectivity index (χ1) is 16.1. The van der Waals surface area contributed by atoms with Crippen LogP contribution in [0.3, 0.4) is 0 Å². The van der Waals surface area contributed by atoms with Crippen LogP contribution in [-0.2, 0) is 31.1 Å². The SMILES string of the molecule is Cn1c2c(c3ccc(/C(CC(CCCCCc4ccccc4)C(=O)O)=N\O)cc31)CCCC2. The fourth-order valence-corrected chi connectivity index (χ4v) is 5.24. The summed E-state index contributed by atoms with van der Waals surface area (Å²) in [4.78, 5) is 11.9. The van der Waals surface area contributed by atoms with Crippen LogP contribution in [0.25, 0.3) is 10.9 Å². The molecule has 3 aromatic rings. The lowest BCUT2D eigenvalue weighted by atomic mass is 9.91. The highest BCUT2D eigenvalue weighted by Gasteiger charge is 2.23. The number of aryl methyl sites for hydroxylation is 3. The Balaban J connectivity index is 1.40. The number of unbranched alkanes of at least 4 members (excludes halogenated alkanes) is 2. The first-order valence-corrected chi connectivity index (χ1v) is 12.2. The molecule has 4 rings (SSSR count). The van der Waals surface area contributed by atoms with Gasteiger partial charge in [-0.1, -0.05) is 60.5 Å². The van der Waals surface area contributed by atoms with Gasteiger partial charge >= 0.3 is 5.97 Å². The summed E-state index contributed by atoms with van der Waals surface area (Å²) in [7, 11) is 2.10. The minimum atomic E-state index is -0.824. The van der Waals surface area contributed by atoms with E-state index in [2.05, 4.69) is 41.0 Å². The van der Waals surface area contributed by atoms with Crippen LogP contribution in [0.2, 0.25) is 0 Å². The molecule has 0 saturated carbocycles. The van der Waals surface area contributed by atoms with E-state index in [-0.39, 0.29) is 6.42 Å². The van der Waals surface area contributed by atoms with Gasteiger partial charge in [0.25, 0.3) is 0 Å². The number of carboxylic acids is 1. The van der Waals surface area contributed by atoms with Crippen molar-refractivity contribution in [1.29, 1.82) is 0 Å². The third kappa shape index (κ3) is 5.29. The van der Waals surface area contributed by atoms with Crippen molar-refractivity contribution in [2.24, 2.45) is 18.1 Å². The van der Waals surface area contributed by atoms with Crippen molar-refractivity contribution in [2.45, 2.75) is 64.2 Å². The van der Waals surface area contributed by atoms with Crippen molar-refractivity contribution in [3.8, 4) is 0 Å². The summed E-state index contributed by atoms with van der Waals surface area (Å²) < 4.78 is 2.25. The van der Waals surface area contributed by atoms with E-state index in [0.717, 1.165) is 49.6 Å². The zero-order valence-corrected chi connectivity index (χ0v) is 19.5. The van der Waals surface area contributed by atoms with Crippen molar-refractivity contribution in [2.75, 3.05) is 0 Å². The van der Waals surface area contributed by atoms with Gasteiger partial charge in [0, 0.05) is 35.6 Å². The molecule has 0 bridgehead atoms. The predicted molar refractivity (Wildman–Crippen MR) is 132 cm³/mol. The molecule has 33 heavy (non-hydrogen) atoms. The summed E-state index contributed by atoms with van der Waals surface area (Å²) in [5, 5.41) is 24.3. The van der Waals surface area contributed by atoms with Crippen molar-refractivity contribution >= 4 is 22.6 Å². The molecule has 5 heteroatoms. The monoisotopic (exact) mass is 446 g/mol. The van der Waals surface area contributed by atoms with E-state index in [9.17, 15) is 15.1 Å². The van der Waals surface area contributed by atoms with E-state index in [0.29, 0.717) is 12.1 Å². The number of oxime groups is 1.